The molecular weight excluding hydrogens is 232 g/mol. The van der Waals surface area contributed by atoms with Crippen LogP contribution in [0.3, 0.4) is 0 Å². The molecule has 0 bridgehead atoms. The summed E-state index contributed by atoms with van der Waals surface area (Å²) in [5.41, 5.74) is 1.32. The van der Waals surface area contributed by atoms with Crippen molar-refractivity contribution in [3.8, 4) is 5.75 Å². The Hall–Kier alpha value is -2.30. The maximum Gasteiger partial charge on any atom is 0.268 e. The number of carbonyl (C=O) groups excluding carboxylic acids is 2. The van der Waals surface area contributed by atoms with Gasteiger partial charge in [0.1, 0.15) is 5.75 Å². The van der Waals surface area contributed by atoms with Crippen LogP contribution < -0.4 is 15.0 Å². The highest BCUT2D eigenvalue weighted by molar-refractivity contribution is 6.00. The van der Waals surface area contributed by atoms with Gasteiger partial charge in [-0.1, -0.05) is 6.08 Å². The molecule has 2 rings (SSSR count). The van der Waals surface area contributed by atoms with Crippen LogP contribution in [-0.2, 0) is 9.59 Å². The smallest absolute Gasteiger partial charge is 0.268 e. The highest BCUT2D eigenvalue weighted by Crippen LogP contribution is 2.36. The second-order valence-corrected chi connectivity index (χ2v) is 3.94. The molecule has 1 aliphatic heterocycles. The zero-order chi connectivity index (χ0) is 13.1. The Bertz CT molecular complexity index is 499. The van der Waals surface area contributed by atoms with Crippen molar-refractivity contribution in [3.05, 3.63) is 30.9 Å². The van der Waals surface area contributed by atoms with Gasteiger partial charge in [-0.2, -0.15) is 0 Å². The molecule has 0 saturated heterocycles. The summed E-state index contributed by atoms with van der Waals surface area (Å²) in [5, 5.41) is 2.55. The molecule has 1 N–H and O–H groups in total. The molecule has 0 spiro atoms. The minimum atomic E-state index is -0.538. The van der Waals surface area contributed by atoms with E-state index >= 15 is 0 Å². The molecule has 0 fully saturated rings. The van der Waals surface area contributed by atoms with Gasteiger partial charge in [0.05, 0.1) is 5.69 Å². The van der Waals surface area contributed by atoms with Gasteiger partial charge in [-0.25, -0.2) is 0 Å². The predicted molar refractivity (Wildman–Crippen MR) is 68.8 cm³/mol. The summed E-state index contributed by atoms with van der Waals surface area (Å²) in [6, 6.07) is 5.16. The minimum absolute atomic E-state index is 0.0986. The summed E-state index contributed by atoms with van der Waals surface area (Å²) in [7, 11) is 0. The van der Waals surface area contributed by atoms with E-state index in [1.807, 2.05) is 0 Å². The molecular formula is C13H14N2O3. The first-order chi connectivity index (χ1) is 8.67. The van der Waals surface area contributed by atoms with Gasteiger partial charge in [0.2, 0.25) is 6.41 Å². The standard InChI is InChI=1S/C13H14N2O3/c1-3-6-15-11-5-4-10(14-8-16)7-12(11)18-9(2)13(15)17/h3-5,7-9H,1,6H2,2H3,(H,14,16). The first-order valence-electron chi connectivity index (χ1n) is 5.60. The fourth-order valence-electron chi connectivity index (χ4n) is 1.89. The van der Waals surface area contributed by atoms with Crippen LogP contribution in [0, 0.1) is 0 Å². The average molecular weight is 246 g/mol. The van der Waals surface area contributed by atoms with Crippen molar-refractivity contribution < 1.29 is 14.3 Å². The third kappa shape index (κ3) is 2.07. The van der Waals surface area contributed by atoms with Crippen molar-refractivity contribution in [2.45, 2.75) is 13.0 Å². The van der Waals surface area contributed by atoms with Gasteiger partial charge in [0, 0.05) is 18.3 Å². The Labute approximate surface area is 105 Å². The van der Waals surface area contributed by atoms with E-state index in [1.165, 1.54) is 0 Å². The van der Waals surface area contributed by atoms with Crippen molar-refractivity contribution in [1.82, 2.24) is 0 Å². The second kappa shape index (κ2) is 4.91. The number of benzene rings is 1. The lowest BCUT2D eigenvalue weighted by molar-refractivity contribution is -0.125. The topological polar surface area (TPSA) is 58.6 Å². The monoisotopic (exact) mass is 246 g/mol. The number of anilines is 2. The van der Waals surface area contributed by atoms with Crippen molar-refractivity contribution >= 4 is 23.7 Å². The predicted octanol–water partition coefficient (Wildman–Crippen LogP) is 1.55. The van der Waals surface area contributed by atoms with E-state index in [0.29, 0.717) is 30.1 Å². The molecule has 5 heteroatoms. The molecule has 18 heavy (non-hydrogen) atoms. The summed E-state index contributed by atoms with van der Waals surface area (Å²) >= 11 is 0. The number of ether oxygens (including phenoxy) is 1. The van der Waals surface area contributed by atoms with Crippen molar-refractivity contribution in [3.63, 3.8) is 0 Å². The number of amides is 2. The van der Waals surface area contributed by atoms with Crippen molar-refractivity contribution in [1.29, 1.82) is 0 Å². The van der Waals surface area contributed by atoms with E-state index in [4.69, 9.17) is 4.74 Å². The van der Waals surface area contributed by atoms with E-state index in [1.54, 1.807) is 36.1 Å². The Kier molecular flexibility index (Phi) is 3.32. The summed E-state index contributed by atoms with van der Waals surface area (Å²) in [4.78, 5) is 24.0. The lowest BCUT2D eigenvalue weighted by Gasteiger charge is -2.32. The lowest BCUT2D eigenvalue weighted by Crippen LogP contribution is -2.44. The third-order valence-electron chi connectivity index (χ3n) is 2.71. The Balaban J connectivity index is 2.41. The second-order valence-electron chi connectivity index (χ2n) is 3.94. The van der Waals surface area contributed by atoms with Gasteiger partial charge in [0.15, 0.2) is 6.10 Å². The summed E-state index contributed by atoms with van der Waals surface area (Å²) in [6.45, 7) is 5.77. The molecule has 0 aromatic heterocycles. The van der Waals surface area contributed by atoms with Gasteiger partial charge in [0.25, 0.3) is 5.91 Å². The zero-order valence-electron chi connectivity index (χ0n) is 10.1. The minimum Gasteiger partial charge on any atom is -0.479 e. The molecule has 5 nitrogen and oxygen atoms in total. The normalized spacial score (nSPS) is 17.7. The van der Waals surface area contributed by atoms with Crippen LogP contribution in [0.1, 0.15) is 6.92 Å². The molecule has 2 amide bonds. The molecule has 1 aromatic carbocycles. The fourth-order valence-corrected chi connectivity index (χ4v) is 1.89. The average Bonchev–Trinajstić information content (AvgIpc) is 2.35. The highest BCUT2D eigenvalue weighted by Gasteiger charge is 2.30. The van der Waals surface area contributed by atoms with Crippen molar-refractivity contribution in [2.24, 2.45) is 0 Å². The molecule has 1 aliphatic rings. The largest absolute Gasteiger partial charge is 0.479 e. The molecule has 0 aliphatic carbocycles. The molecule has 94 valence electrons. The van der Waals surface area contributed by atoms with E-state index < -0.39 is 6.10 Å². The molecule has 0 radical (unpaired) electrons. The Morgan fingerprint density at radius 1 is 1.56 bits per heavy atom. The number of hydrogen-bond donors (Lipinski definition) is 1. The molecule has 1 unspecified atom stereocenters. The maximum absolute atomic E-state index is 12.0. The fraction of sp³-hybridized carbons (Fsp3) is 0.231. The number of rotatable bonds is 4. The van der Waals surface area contributed by atoms with Crippen LogP contribution in [0.4, 0.5) is 11.4 Å². The Morgan fingerprint density at radius 2 is 2.33 bits per heavy atom. The number of fused-ring (bicyclic) bond motifs is 1. The number of hydrogen-bond acceptors (Lipinski definition) is 3. The van der Waals surface area contributed by atoms with E-state index in [-0.39, 0.29) is 5.91 Å². The highest BCUT2D eigenvalue weighted by atomic mass is 16.5. The third-order valence-corrected chi connectivity index (χ3v) is 2.71. The molecule has 1 atom stereocenters. The van der Waals surface area contributed by atoms with Crippen LogP contribution in [0.2, 0.25) is 0 Å². The first kappa shape index (κ1) is 12.2. The number of nitrogens with one attached hydrogen (secondary N) is 1. The SMILES string of the molecule is C=CCN1C(=O)C(C)Oc2cc(NC=O)ccc21. The Morgan fingerprint density at radius 3 is 3.00 bits per heavy atom. The number of carbonyl (C=O) groups is 2. The lowest BCUT2D eigenvalue weighted by atomic mass is 10.1. The van der Waals surface area contributed by atoms with Gasteiger partial charge in [-0.3, -0.25) is 9.59 Å². The zero-order valence-corrected chi connectivity index (χ0v) is 10.1. The van der Waals surface area contributed by atoms with Crippen LogP contribution >= 0.6 is 0 Å². The van der Waals surface area contributed by atoms with E-state index in [0.717, 1.165) is 0 Å². The summed E-state index contributed by atoms with van der Waals surface area (Å²) in [6.07, 6.45) is 1.72. The van der Waals surface area contributed by atoms with Crippen LogP contribution in [0.5, 0.6) is 5.75 Å². The van der Waals surface area contributed by atoms with Gasteiger partial charge < -0.3 is 15.0 Å². The van der Waals surface area contributed by atoms with E-state index in [2.05, 4.69) is 11.9 Å². The molecule has 0 saturated carbocycles. The molecule has 1 aromatic rings. The summed E-state index contributed by atoms with van der Waals surface area (Å²) < 4.78 is 5.53. The van der Waals surface area contributed by atoms with Crippen LogP contribution in [0.25, 0.3) is 0 Å². The molecule has 1 heterocycles. The van der Waals surface area contributed by atoms with Gasteiger partial charge >= 0.3 is 0 Å². The first-order valence-corrected chi connectivity index (χ1v) is 5.60. The van der Waals surface area contributed by atoms with Crippen LogP contribution in [0.15, 0.2) is 30.9 Å². The van der Waals surface area contributed by atoms with Gasteiger partial charge in [-0.05, 0) is 19.1 Å². The van der Waals surface area contributed by atoms with Crippen LogP contribution in [-0.4, -0.2) is 25.0 Å². The quantitative estimate of drug-likeness (QED) is 0.647. The van der Waals surface area contributed by atoms with Gasteiger partial charge in [-0.15, -0.1) is 6.58 Å². The summed E-state index contributed by atoms with van der Waals surface area (Å²) in [5.74, 6) is 0.481. The van der Waals surface area contributed by atoms with E-state index in [9.17, 15) is 9.59 Å². The maximum atomic E-state index is 12.0. The van der Waals surface area contributed by atoms with Crippen molar-refractivity contribution in [2.75, 3.05) is 16.8 Å². The number of nitrogens with zero attached hydrogens (tertiary/aromatic N) is 1.